The maximum atomic E-state index is 2.64. The van der Waals surface area contributed by atoms with Crippen LogP contribution < -0.4 is 4.90 Å². The minimum absolute atomic E-state index is 0.109. The van der Waals surface area contributed by atoms with Gasteiger partial charge in [-0.15, -0.1) is 11.3 Å². The Kier molecular flexibility index (Phi) is 7.08. The third kappa shape index (κ3) is 4.62. The summed E-state index contributed by atoms with van der Waals surface area (Å²) in [6.45, 7) is 17.1. The highest BCUT2D eigenvalue weighted by atomic mass is 32.1. The zero-order chi connectivity index (χ0) is 37.1. The molecule has 0 unspecified atom stereocenters. The van der Waals surface area contributed by atoms with E-state index in [1.54, 1.807) is 0 Å². The molecule has 10 rings (SSSR count). The fourth-order valence-electron chi connectivity index (χ4n) is 9.94. The Hall–Kier alpha value is -5.44. The third-order valence-electron chi connectivity index (χ3n) is 12.3. The molecule has 2 aliphatic carbocycles. The number of nitrogens with zero attached hydrogens (tertiary/aromatic N) is 1. The topological polar surface area (TPSA) is 3.24 Å². The molecule has 0 saturated carbocycles. The van der Waals surface area contributed by atoms with Crippen LogP contribution in [0.15, 0.2) is 146 Å². The molecule has 1 nitrogen and oxygen atoms in total. The summed E-state index contributed by atoms with van der Waals surface area (Å²) < 4.78 is 2.63. The van der Waals surface area contributed by atoms with Gasteiger partial charge in [0, 0.05) is 42.4 Å². The van der Waals surface area contributed by atoms with E-state index < -0.39 is 0 Å². The lowest BCUT2D eigenvalue weighted by atomic mass is 9.71. The van der Waals surface area contributed by atoms with Gasteiger partial charge in [-0.05, 0) is 96.9 Å². The van der Waals surface area contributed by atoms with Crippen LogP contribution in [0.25, 0.3) is 53.6 Å². The summed E-state index contributed by atoms with van der Waals surface area (Å²) in [4.78, 5) is 2.64. The monoisotopic (exact) mass is 715 g/mol. The van der Waals surface area contributed by atoms with Crippen molar-refractivity contribution in [2.75, 3.05) is 4.90 Å². The Morgan fingerprint density at radius 1 is 0.481 bits per heavy atom. The van der Waals surface area contributed by atoms with E-state index in [9.17, 15) is 0 Å². The van der Waals surface area contributed by atoms with Gasteiger partial charge in [-0.3, -0.25) is 0 Å². The zero-order valence-electron chi connectivity index (χ0n) is 32.2. The van der Waals surface area contributed by atoms with Crippen LogP contribution >= 0.6 is 11.3 Å². The normalized spacial score (nSPS) is 14.9. The number of hydrogen-bond acceptors (Lipinski definition) is 2. The van der Waals surface area contributed by atoms with Gasteiger partial charge in [0.1, 0.15) is 0 Å². The fraction of sp³-hybridized carbons (Fsp3) is 0.192. The molecule has 0 spiro atoms. The molecule has 264 valence electrons. The van der Waals surface area contributed by atoms with Gasteiger partial charge in [0.2, 0.25) is 0 Å². The van der Waals surface area contributed by atoms with E-state index in [0.717, 1.165) is 0 Å². The number of anilines is 3. The molecule has 0 N–H and O–H groups in total. The number of fused-ring (bicyclic) bond motifs is 9. The van der Waals surface area contributed by atoms with Crippen molar-refractivity contribution >= 4 is 48.6 Å². The smallest absolute Gasteiger partial charge is 0.0556 e. The molecule has 0 saturated heterocycles. The van der Waals surface area contributed by atoms with Crippen LogP contribution in [0, 0.1) is 0 Å². The van der Waals surface area contributed by atoms with Crippen molar-refractivity contribution in [2.45, 2.75) is 64.7 Å². The van der Waals surface area contributed by atoms with E-state index >= 15 is 0 Å². The van der Waals surface area contributed by atoms with Crippen molar-refractivity contribution in [3.63, 3.8) is 0 Å². The Bertz CT molecular complexity index is 2720. The number of thiophene rings is 1. The first-order chi connectivity index (χ1) is 26.0. The highest BCUT2D eigenvalue weighted by Gasteiger charge is 2.50. The van der Waals surface area contributed by atoms with Gasteiger partial charge >= 0.3 is 0 Å². The molecule has 0 radical (unpaired) electrons. The van der Waals surface area contributed by atoms with Crippen LogP contribution in [0.2, 0.25) is 0 Å². The molecule has 2 heteroatoms. The van der Waals surface area contributed by atoms with E-state index in [2.05, 4.69) is 199 Å². The first-order valence-corrected chi connectivity index (χ1v) is 20.1. The summed E-state index contributed by atoms with van der Waals surface area (Å²) in [5.41, 5.74) is 18.2. The average molecular weight is 716 g/mol. The molecule has 2 aliphatic rings. The zero-order valence-corrected chi connectivity index (χ0v) is 33.0. The third-order valence-corrected chi connectivity index (χ3v) is 13.4. The predicted molar refractivity (Wildman–Crippen MR) is 233 cm³/mol. The lowest BCUT2D eigenvalue weighted by Crippen LogP contribution is -2.27. The molecule has 54 heavy (non-hydrogen) atoms. The van der Waals surface area contributed by atoms with Crippen LogP contribution in [0.4, 0.5) is 17.1 Å². The molecule has 1 aromatic heterocycles. The van der Waals surface area contributed by atoms with Crippen LogP contribution in [0.5, 0.6) is 0 Å². The summed E-state index contributed by atoms with van der Waals surface area (Å²) in [6.07, 6.45) is 0. The predicted octanol–water partition coefficient (Wildman–Crippen LogP) is 15.1. The number of hydrogen-bond donors (Lipinski definition) is 0. The Labute approximate surface area is 323 Å². The second-order valence-corrected chi connectivity index (χ2v) is 18.4. The quantitative estimate of drug-likeness (QED) is 0.175. The summed E-state index contributed by atoms with van der Waals surface area (Å²) >= 11 is 1.89. The summed E-state index contributed by atoms with van der Waals surface area (Å²) in [5.74, 6) is 0. The van der Waals surface area contributed by atoms with Crippen molar-refractivity contribution in [3.8, 4) is 33.4 Å². The van der Waals surface area contributed by atoms with Gasteiger partial charge in [0.15, 0.2) is 0 Å². The second kappa shape index (κ2) is 11.5. The van der Waals surface area contributed by atoms with Crippen molar-refractivity contribution < 1.29 is 0 Å². The van der Waals surface area contributed by atoms with E-state index in [1.165, 1.54) is 98.4 Å². The summed E-state index contributed by atoms with van der Waals surface area (Å²) in [5, 5.41) is 2.64. The van der Waals surface area contributed by atoms with Gasteiger partial charge in [0.05, 0.1) is 5.69 Å². The first-order valence-electron chi connectivity index (χ1n) is 19.3. The molecule has 8 aromatic rings. The molecular formula is C52H45NS. The van der Waals surface area contributed by atoms with Gasteiger partial charge < -0.3 is 4.90 Å². The van der Waals surface area contributed by atoms with Gasteiger partial charge in [-0.2, -0.15) is 0 Å². The molecule has 0 atom stereocenters. The Morgan fingerprint density at radius 3 is 1.67 bits per heavy atom. The van der Waals surface area contributed by atoms with Crippen LogP contribution in [0.1, 0.15) is 76.3 Å². The molecule has 1 heterocycles. The maximum absolute atomic E-state index is 2.64. The highest BCUT2D eigenvalue weighted by molar-refractivity contribution is 7.25. The van der Waals surface area contributed by atoms with Gasteiger partial charge in [-0.25, -0.2) is 0 Å². The lowest BCUT2D eigenvalue weighted by Gasteiger charge is -2.39. The maximum Gasteiger partial charge on any atom is 0.0556 e. The Balaban J connectivity index is 1.39. The number of benzene rings is 7. The molecule has 0 amide bonds. The lowest BCUT2D eigenvalue weighted by molar-refractivity contribution is 0.587. The standard InChI is InChI=1S/C52H45NS/c1-50(2,3)46-44-38-23-11-14-25-40(38)51(4,5)47(44)49(48-45(46)39-24-12-15-26-41(39)52(48,6)7)53(34-21-17-20-33(30-34)32-18-9-8-10-19-32)35-28-29-37-36-22-13-16-27-42(36)54-43(37)31-35/h8-31H,1-7H3. The van der Waals surface area contributed by atoms with E-state index in [4.69, 9.17) is 0 Å². The number of rotatable bonds is 4. The molecular weight excluding hydrogens is 671 g/mol. The molecule has 0 fully saturated rings. The van der Waals surface area contributed by atoms with E-state index in [-0.39, 0.29) is 16.2 Å². The van der Waals surface area contributed by atoms with Gasteiger partial charge in [0.25, 0.3) is 0 Å². The van der Waals surface area contributed by atoms with Crippen molar-refractivity contribution in [2.24, 2.45) is 0 Å². The van der Waals surface area contributed by atoms with Crippen LogP contribution in [0.3, 0.4) is 0 Å². The van der Waals surface area contributed by atoms with Crippen molar-refractivity contribution in [3.05, 3.63) is 173 Å². The van der Waals surface area contributed by atoms with Crippen LogP contribution in [-0.2, 0) is 16.2 Å². The molecule has 0 bridgehead atoms. The largest absolute Gasteiger partial charge is 0.310 e. The molecule has 0 aliphatic heterocycles. The van der Waals surface area contributed by atoms with E-state index in [0.29, 0.717) is 0 Å². The van der Waals surface area contributed by atoms with Crippen molar-refractivity contribution in [1.29, 1.82) is 0 Å². The minimum Gasteiger partial charge on any atom is -0.310 e. The first kappa shape index (κ1) is 33.2. The van der Waals surface area contributed by atoms with E-state index in [1.807, 2.05) is 11.3 Å². The minimum atomic E-state index is -0.252. The summed E-state index contributed by atoms with van der Waals surface area (Å²) in [6, 6.07) is 54.5. The fourth-order valence-corrected chi connectivity index (χ4v) is 11.1. The summed E-state index contributed by atoms with van der Waals surface area (Å²) in [7, 11) is 0. The van der Waals surface area contributed by atoms with Gasteiger partial charge in [-0.1, -0.05) is 164 Å². The van der Waals surface area contributed by atoms with Crippen LogP contribution in [-0.4, -0.2) is 0 Å². The SMILES string of the molecule is CC(C)(C)c1c2c(c(N(c3cccc(-c4ccccc4)c3)c3ccc4c(c3)sc3ccccc34)c3c1-c1ccccc1C3(C)C)C(C)(C)c1ccccc1-2. The van der Waals surface area contributed by atoms with Crippen molar-refractivity contribution in [1.82, 2.24) is 0 Å². The highest BCUT2D eigenvalue weighted by Crippen LogP contribution is 2.65. The Morgan fingerprint density at radius 2 is 1.02 bits per heavy atom. The molecule has 7 aromatic carbocycles. The average Bonchev–Trinajstić information content (AvgIpc) is 3.74. The second-order valence-electron chi connectivity index (χ2n) is 17.3.